The van der Waals surface area contributed by atoms with Gasteiger partial charge in [-0.3, -0.25) is 67.0 Å². The minimum Gasteiger partial charge on any atom is -0.495 e. The van der Waals surface area contributed by atoms with Crippen LogP contribution in [0.15, 0.2) is 89.2 Å². The number of rotatable bonds is 23. The first-order chi connectivity index (χ1) is 63.6. The fraction of sp³-hybridized carbons (Fsp3) is 0.543. The van der Waals surface area contributed by atoms with E-state index in [1.807, 2.05) is 30.3 Å². The van der Waals surface area contributed by atoms with Crippen molar-refractivity contribution in [2.45, 2.75) is 208 Å². The Balaban J connectivity index is 0.471. The van der Waals surface area contributed by atoms with Crippen LogP contribution < -0.4 is 47.2 Å². The van der Waals surface area contributed by atoms with E-state index in [0.717, 1.165) is 97.1 Å². The highest BCUT2D eigenvalue weighted by Gasteiger charge is 2.54. The van der Waals surface area contributed by atoms with Crippen LogP contribution in [0.2, 0.25) is 0 Å². The monoisotopic (exact) mass is 1800 g/mol. The van der Waals surface area contributed by atoms with Crippen molar-refractivity contribution in [3.05, 3.63) is 134 Å². The Morgan fingerprint density at radius 3 is 1.84 bits per heavy atom. The van der Waals surface area contributed by atoms with Crippen molar-refractivity contribution in [2.75, 3.05) is 99.7 Å². The molecule has 0 spiro atoms. The number of halogens is 4. The van der Waals surface area contributed by atoms with E-state index >= 15 is 17.6 Å². The zero-order valence-electron chi connectivity index (χ0n) is 72.8. The van der Waals surface area contributed by atoms with Crippen LogP contribution in [0.25, 0.3) is 33.4 Å². The molecule has 16 heterocycles. The first-order valence-corrected chi connectivity index (χ1v) is 45.8. The number of fused-ring (bicyclic) bond motifs is 8. The van der Waals surface area contributed by atoms with Crippen LogP contribution in [-0.2, 0) is 45.2 Å². The summed E-state index contributed by atoms with van der Waals surface area (Å²) in [4.78, 5) is 126. The molecular weight excluding hydrogens is 1700 g/mol. The van der Waals surface area contributed by atoms with E-state index in [4.69, 9.17) is 33.7 Å². The molecule has 3 saturated carbocycles. The summed E-state index contributed by atoms with van der Waals surface area (Å²) in [6.45, 7) is 8.91. The number of anilines is 4. The van der Waals surface area contributed by atoms with Gasteiger partial charge in [0.15, 0.2) is 22.7 Å². The molecule has 4 N–H and O–H groups in total. The van der Waals surface area contributed by atoms with E-state index < -0.39 is 77.8 Å². The zero-order valence-corrected chi connectivity index (χ0v) is 72.8. The van der Waals surface area contributed by atoms with Crippen molar-refractivity contribution in [1.29, 1.82) is 0 Å². The number of carbonyl (C=O) groups excluding carboxylic acids is 6. The fourth-order valence-corrected chi connectivity index (χ4v) is 22.5. The van der Waals surface area contributed by atoms with E-state index in [9.17, 15) is 38.4 Å². The molecule has 131 heavy (non-hydrogen) atoms. The molecule has 8 aromatic heterocycles. The van der Waals surface area contributed by atoms with Crippen LogP contribution in [0.4, 0.5) is 40.6 Å². The number of imide groups is 2. The fourth-order valence-electron chi connectivity index (χ4n) is 22.5. The lowest BCUT2D eigenvalue weighted by Crippen LogP contribution is -2.51. The average Bonchev–Trinajstić information content (AvgIpc) is 1.60. The highest BCUT2D eigenvalue weighted by molar-refractivity contribution is 6.09. The van der Waals surface area contributed by atoms with Gasteiger partial charge in [-0.1, -0.05) is 36.7 Å². The number of methoxy groups -OCH3 is 1. The molecule has 3 aliphatic carbocycles. The van der Waals surface area contributed by atoms with E-state index in [1.165, 1.54) is 54.6 Å². The van der Waals surface area contributed by atoms with E-state index in [2.05, 4.69) is 91.9 Å². The molecule has 686 valence electrons. The van der Waals surface area contributed by atoms with Crippen LogP contribution in [0.1, 0.15) is 209 Å². The summed E-state index contributed by atoms with van der Waals surface area (Å²) in [5.41, 5.74) is 1.95. The zero-order chi connectivity index (χ0) is 89.9. The number of hydrogen-bond donors (Lipinski definition) is 4. The number of aromatic nitrogens is 14. The number of ether oxygens (including phenoxy) is 5. The highest BCUT2D eigenvalue weighted by Crippen LogP contribution is 2.50. The van der Waals surface area contributed by atoms with Gasteiger partial charge in [0.25, 0.3) is 24.7 Å². The van der Waals surface area contributed by atoms with Crippen LogP contribution in [0, 0.1) is 47.4 Å². The first-order valence-electron chi connectivity index (χ1n) is 45.8. The molecule has 35 nitrogen and oxygen atoms in total. The normalized spacial score (nSPS) is 26.7. The Kier molecular flexibility index (Phi) is 23.0. The summed E-state index contributed by atoms with van der Waals surface area (Å²) >= 11 is 0. The number of alkyl halides is 4. The number of para-hydroxylation sites is 1. The molecule has 21 rings (SSSR count). The maximum absolute atomic E-state index is 15.6. The summed E-state index contributed by atoms with van der Waals surface area (Å²) < 4.78 is 105. The van der Waals surface area contributed by atoms with E-state index in [1.54, 1.807) is 45.5 Å². The molecule has 10 aromatic rings. The van der Waals surface area contributed by atoms with Crippen LogP contribution in [-0.4, -0.2) is 234 Å². The Morgan fingerprint density at radius 1 is 0.595 bits per heavy atom. The number of carbonyl (C=O) groups is 6. The molecule has 2 aromatic carbocycles. The lowest BCUT2D eigenvalue weighted by atomic mass is 9.73. The third-order valence-corrected chi connectivity index (χ3v) is 29.1. The number of amides is 6. The first kappa shape index (κ1) is 85.6. The minimum absolute atomic E-state index is 0.00252. The Labute approximate surface area is 748 Å². The third kappa shape index (κ3) is 16.4. The number of piperidine rings is 4. The molecule has 11 fully saturated rings. The molecular formula is C92H102F4N22O13. The average molecular weight is 1800 g/mol. The Bertz CT molecular complexity index is 6440. The molecule has 4 bridgehead atoms. The molecule has 8 saturated heterocycles. The Morgan fingerprint density at radius 2 is 1.21 bits per heavy atom. The second kappa shape index (κ2) is 35.2. The number of hydrogen-bond acceptors (Lipinski definition) is 23. The van der Waals surface area contributed by atoms with E-state index in [0.29, 0.717) is 108 Å². The predicted octanol–water partition coefficient (Wildman–Crippen LogP) is 8.64. The maximum atomic E-state index is 15.6. The van der Waals surface area contributed by atoms with Gasteiger partial charge in [-0.15, -0.1) is 0 Å². The number of benzene rings is 2. The van der Waals surface area contributed by atoms with Gasteiger partial charge in [-0.25, -0.2) is 46.1 Å². The van der Waals surface area contributed by atoms with Crippen molar-refractivity contribution in [1.82, 2.24) is 87.5 Å². The van der Waals surface area contributed by atoms with Gasteiger partial charge in [0.05, 0.1) is 125 Å². The quantitative estimate of drug-likeness (QED) is 0.0264. The van der Waals surface area contributed by atoms with Crippen LogP contribution in [0.5, 0.6) is 5.75 Å². The summed E-state index contributed by atoms with van der Waals surface area (Å²) in [6.07, 6.45) is 13.5. The molecule has 8 aliphatic heterocycles. The SMILES string of the molecule is COc1ccc2c(c1C#CCO[C@@H]1CCN(CC3CCC(n4cc(NC(=O)c5cnn6ccc(N7C[C@H]8C[C@@H]7C(C7C[C@@H](CN9CCC(OCC#Cc%10cccc%11c%10n(C%10CC%10)c(=O)n%11C%10CCC(=O)NC%10=O)CC9)CC[C@@H]7n7cc(NC(=O)c9cnn%10ccc(N%11C[C@H]%12C[C@@H]%11CO%12)nc9%10)c(C(F)F)n7)O8)nc56)c(C(F)F)n4)CC3)C[C@H]1C)n(C)c(=O)n2C1CCC(=O)NC1=O. The van der Waals surface area contributed by atoms with Gasteiger partial charge in [0.2, 0.25) is 23.6 Å². The van der Waals surface area contributed by atoms with Gasteiger partial charge in [-0.05, 0) is 157 Å². The van der Waals surface area contributed by atoms with Gasteiger partial charge in [0, 0.05) is 109 Å². The standard InChI is InChI=1S/C92H102F4N22O13/c1-50-42-109(32-27-72(50)129-36-6-9-60-73(127-3)22-19-68-81(60)107(2)91(125)117(68)69-20-23-76(119)103-89(69)123)43-51-11-14-54(15-12-51)114-47-64(78(105-114)83(93)94)99-87(121)63-41-98-113-34-29-75(102-86(63)113)111-46-59-39-71(111)82(131-59)61-37-52(13-18-66(61)115-48-65(79(106-115)84(95)96)100-88(122)62-40-97-112-33-28-74(101-85(62)112)110-45-58-38-56(110)49-130-58)44-108-30-25-57(26-31-108)128-35-5-8-53-7-4-10-67-80(53)116(55-16-17-55)92(126)118(67)70-21-24-77(120)104-90(70)124/h4,7,10,19,22,28-29,33-34,40-41,47-48,50-52,54-59,61,66,69-72,82-84H,11-18,20-21,23-27,30-32,35-39,42-46,49H2,1-3H3,(H,99,121)(H,100,122)(H,103,119,123)(H,104,120,124)/t50-,51?,52+,54?,56-,58-,59-,61?,66+,69?,70?,71-,72-,82?/m1/s1. The lowest BCUT2D eigenvalue weighted by Gasteiger charge is -2.45. The molecule has 12 atom stereocenters. The molecule has 11 aliphatic rings. The smallest absolute Gasteiger partial charge is 0.330 e. The molecule has 0 radical (unpaired) electrons. The molecule has 39 heteroatoms. The van der Waals surface area contributed by atoms with Gasteiger partial charge in [-0.2, -0.15) is 20.4 Å². The number of imidazole rings is 2. The second-order valence-electron chi connectivity index (χ2n) is 37.2. The van der Waals surface area contributed by atoms with Crippen LogP contribution >= 0.6 is 0 Å². The van der Waals surface area contributed by atoms with Gasteiger partial charge < -0.3 is 53.9 Å². The molecule has 6 amide bonds. The number of nitrogens with zero attached hydrogens (tertiary/aromatic N) is 18. The van der Waals surface area contributed by atoms with Gasteiger partial charge >= 0.3 is 11.4 Å². The lowest BCUT2D eigenvalue weighted by molar-refractivity contribution is -0.137. The van der Waals surface area contributed by atoms with Crippen molar-refractivity contribution >= 4 is 91.8 Å². The number of morpholine rings is 2. The summed E-state index contributed by atoms with van der Waals surface area (Å²) in [7, 11) is 3.14. The van der Waals surface area contributed by atoms with Crippen LogP contribution in [0.3, 0.4) is 0 Å². The summed E-state index contributed by atoms with van der Waals surface area (Å²) in [6, 6.07) is 10.2. The molecule has 4 unspecified atom stereocenters. The number of likely N-dealkylation sites (tertiary alicyclic amines) is 2. The topological polar surface area (TPSA) is 360 Å². The minimum atomic E-state index is -3.06. The number of nitrogens with one attached hydrogen (secondary N) is 4. The highest BCUT2D eigenvalue weighted by atomic mass is 19.3. The van der Waals surface area contributed by atoms with E-state index in [-0.39, 0.29) is 157 Å². The van der Waals surface area contributed by atoms with Crippen molar-refractivity contribution in [3.63, 3.8) is 0 Å². The summed E-state index contributed by atoms with van der Waals surface area (Å²) in [5, 5.41) is 28.2. The van der Waals surface area contributed by atoms with Crippen molar-refractivity contribution < 1.29 is 70.0 Å². The number of aryl methyl sites for hydroxylation is 1. The third-order valence-electron chi connectivity index (χ3n) is 29.1. The largest absolute Gasteiger partial charge is 0.495 e. The maximum Gasteiger partial charge on any atom is 0.330 e. The predicted molar refractivity (Wildman–Crippen MR) is 467 cm³/mol. The van der Waals surface area contributed by atoms with Gasteiger partial charge in [0.1, 0.15) is 53.8 Å². The van der Waals surface area contributed by atoms with Crippen molar-refractivity contribution in [2.24, 2.45) is 30.7 Å². The van der Waals surface area contributed by atoms with Crippen molar-refractivity contribution in [3.8, 4) is 29.4 Å². The second-order valence-corrected chi connectivity index (χ2v) is 37.2. The summed E-state index contributed by atoms with van der Waals surface area (Å²) in [5.74, 6) is 11.8. The Hall–Kier alpha value is -12.1.